The van der Waals surface area contributed by atoms with Gasteiger partial charge < -0.3 is 17.0 Å². The van der Waals surface area contributed by atoms with Crippen molar-refractivity contribution in [1.29, 1.82) is 0 Å². The molecule has 0 fully saturated rings. The monoisotopic (exact) mass is 472 g/mol. The molecule has 0 spiro atoms. The molecule has 0 aliphatic heterocycles. The Morgan fingerprint density at radius 3 is 2.55 bits per heavy atom. The van der Waals surface area contributed by atoms with Crippen molar-refractivity contribution < 1.29 is 4.39 Å². The third-order valence-corrected chi connectivity index (χ3v) is 5.59. The van der Waals surface area contributed by atoms with Gasteiger partial charge in [-0.15, -0.1) is 0 Å². The summed E-state index contributed by atoms with van der Waals surface area (Å²) in [4.78, 5) is 13.5. The van der Waals surface area contributed by atoms with Crippen LogP contribution in [0.4, 0.5) is 4.39 Å². The topological polar surface area (TPSA) is 140 Å². The lowest BCUT2D eigenvalue weighted by atomic mass is 10.0. The number of rotatable bonds is 10. The van der Waals surface area contributed by atoms with E-state index in [0.717, 1.165) is 35.2 Å². The van der Waals surface area contributed by atoms with E-state index in [2.05, 4.69) is 41.7 Å². The zero-order valence-corrected chi connectivity index (χ0v) is 20.4. The van der Waals surface area contributed by atoms with Crippen LogP contribution in [-0.2, 0) is 6.42 Å². The van der Waals surface area contributed by atoms with Crippen LogP contribution in [-0.4, -0.2) is 34.4 Å². The van der Waals surface area contributed by atoms with Crippen molar-refractivity contribution in [1.82, 2.24) is 10.4 Å². The van der Waals surface area contributed by atoms with Crippen molar-refractivity contribution in [3.63, 3.8) is 0 Å². The molecule has 2 unspecified atom stereocenters. The molecule has 2 aromatic rings. The number of nitrogens with one attached hydrogen (secondary N) is 1. The number of nitrogens with zero attached hydrogens (tertiary/aromatic N) is 4. The molecule has 1 heterocycles. The number of alkyl halides is 1. The zero-order valence-electron chi connectivity index (χ0n) is 19.3. The molecule has 0 saturated carbocycles. The predicted molar refractivity (Wildman–Crippen MR) is 139 cm³/mol. The summed E-state index contributed by atoms with van der Waals surface area (Å²) in [6.07, 6.45) is 5.00. The van der Waals surface area contributed by atoms with Crippen LogP contribution in [0.15, 0.2) is 57.7 Å². The normalized spacial score (nSPS) is 14.8. The predicted octanol–water partition coefficient (Wildman–Crippen LogP) is 3.27. The highest BCUT2D eigenvalue weighted by Gasteiger charge is 2.27. The summed E-state index contributed by atoms with van der Waals surface area (Å²) in [5, 5.41) is 1.95. The Hall–Kier alpha value is -2.90. The highest BCUT2D eigenvalue weighted by Crippen LogP contribution is 2.27. The molecule has 178 valence electrons. The van der Waals surface area contributed by atoms with Gasteiger partial charge in [0, 0.05) is 30.3 Å². The van der Waals surface area contributed by atoms with Crippen LogP contribution in [0.25, 0.3) is 11.3 Å². The average molecular weight is 473 g/mol. The number of aliphatic imine (C=N–C) groups is 2. The summed E-state index contributed by atoms with van der Waals surface area (Å²) in [7, 11) is 2.17. The summed E-state index contributed by atoms with van der Waals surface area (Å²) < 4.78 is 14.8. The van der Waals surface area contributed by atoms with Crippen molar-refractivity contribution in [2.75, 3.05) is 6.54 Å². The van der Waals surface area contributed by atoms with Crippen LogP contribution in [0, 0.1) is 0 Å². The highest BCUT2D eigenvalue weighted by atomic mass is 31.0. The van der Waals surface area contributed by atoms with E-state index >= 15 is 0 Å². The van der Waals surface area contributed by atoms with Crippen LogP contribution in [0.2, 0.25) is 0 Å². The molecule has 33 heavy (non-hydrogen) atoms. The lowest BCUT2D eigenvalue weighted by Gasteiger charge is -2.19. The van der Waals surface area contributed by atoms with E-state index in [-0.39, 0.29) is 12.3 Å². The van der Waals surface area contributed by atoms with Gasteiger partial charge in [-0.3, -0.25) is 9.98 Å². The van der Waals surface area contributed by atoms with Gasteiger partial charge >= 0.3 is 0 Å². The third kappa shape index (κ3) is 7.58. The lowest BCUT2D eigenvalue weighted by Crippen LogP contribution is -2.35. The van der Waals surface area contributed by atoms with E-state index in [0.29, 0.717) is 31.1 Å². The Morgan fingerprint density at radius 2 is 1.94 bits per heavy atom. The number of amidine groups is 3. The Kier molecular flexibility index (Phi) is 10.4. The molecule has 0 aliphatic rings. The van der Waals surface area contributed by atoms with Gasteiger partial charge in [0.1, 0.15) is 11.7 Å². The molecular formula is C23H34FN8P. The van der Waals surface area contributed by atoms with Gasteiger partial charge in [0.25, 0.3) is 0 Å². The van der Waals surface area contributed by atoms with Crippen LogP contribution in [0.5, 0.6) is 0 Å². The van der Waals surface area contributed by atoms with Gasteiger partial charge in [-0.25, -0.2) is 15.2 Å². The number of unbranched alkanes of at least 4 members (excludes halogenated alkanes) is 1. The van der Waals surface area contributed by atoms with Crippen molar-refractivity contribution in [2.24, 2.45) is 32.5 Å². The van der Waals surface area contributed by atoms with Gasteiger partial charge in [0.2, 0.25) is 0 Å². The number of pyridine rings is 1. The molecule has 0 aliphatic carbocycles. The molecule has 1 aromatic carbocycles. The molecule has 2 atom stereocenters. The molecule has 7 N–H and O–H groups in total. The summed E-state index contributed by atoms with van der Waals surface area (Å²) in [5.74, 6) is 11.7. The summed E-state index contributed by atoms with van der Waals surface area (Å²) in [6, 6.07) is 11.4. The van der Waals surface area contributed by atoms with Gasteiger partial charge in [-0.05, 0) is 24.5 Å². The Balaban J connectivity index is 2.31. The minimum atomic E-state index is -1.74. The molecule has 0 saturated heterocycles. The molecular weight excluding hydrogens is 438 g/mol. The fraction of sp³-hybridized carbons (Fsp3) is 0.391. The average Bonchev–Trinajstić information content (AvgIpc) is 2.81. The van der Waals surface area contributed by atoms with Crippen LogP contribution in [0.3, 0.4) is 0 Å². The lowest BCUT2D eigenvalue weighted by molar-refractivity contribution is 0.354. The minimum Gasteiger partial charge on any atom is -0.384 e. The quantitative estimate of drug-likeness (QED) is 0.105. The summed E-state index contributed by atoms with van der Waals surface area (Å²) in [5.41, 5.74) is 11.7. The maximum absolute atomic E-state index is 14.8. The van der Waals surface area contributed by atoms with Crippen LogP contribution in [0.1, 0.15) is 50.7 Å². The first-order valence-corrected chi connectivity index (χ1v) is 11.6. The fourth-order valence-electron chi connectivity index (χ4n) is 3.19. The largest absolute Gasteiger partial charge is 0.384 e. The van der Waals surface area contributed by atoms with Crippen LogP contribution < -0.4 is 22.8 Å². The fourth-order valence-corrected chi connectivity index (χ4v) is 3.54. The number of hydrazone groups is 1. The van der Waals surface area contributed by atoms with E-state index in [1.54, 1.807) is 6.20 Å². The number of aromatic nitrogens is 1. The van der Waals surface area contributed by atoms with E-state index < -0.39 is 5.41 Å². The Morgan fingerprint density at radius 1 is 1.18 bits per heavy atom. The second-order valence-corrected chi connectivity index (χ2v) is 8.57. The summed E-state index contributed by atoms with van der Waals surface area (Å²) in [6.45, 7) is 4.60. The maximum atomic E-state index is 14.8. The third-order valence-electron chi connectivity index (χ3n) is 5.01. The van der Waals surface area contributed by atoms with E-state index in [1.807, 2.05) is 43.3 Å². The standard InChI is InChI=1S/C23H34FN8P/c1-3-5-13-28-20(30-22(25)23(24,33)12-4-2)14-16-10-11-19(29-15-16)17-8-6-7-9-18(17)21(31-26)32-27/h6-11,15H,3-5,12-14,26-27,33H2,1-2H3,(H,31,32)(H2,25,28,30). The number of benzene rings is 1. The SMILES string of the molecule is CCCCN=C(Cc1ccc(-c2ccccc2/C(=N/N)NN)nc1)N=C(N)C(F)(P)CCC. The minimum absolute atomic E-state index is 0.0778. The van der Waals surface area contributed by atoms with E-state index in [4.69, 9.17) is 17.4 Å². The van der Waals surface area contributed by atoms with E-state index in [1.165, 1.54) is 0 Å². The molecule has 10 heteroatoms. The molecule has 2 rings (SSSR count). The van der Waals surface area contributed by atoms with Crippen molar-refractivity contribution in [3.8, 4) is 11.3 Å². The van der Waals surface area contributed by atoms with Crippen molar-refractivity contribution >= 4 is 26.7 Å². The Bertz CT molecular complexity index is 986. The van der Waals surface area contributed by atoms with Gasteiger partial charge in [0.05, 0.1) is 5.69 Å². The molecule has 0 radical (unpaired) electrons. The van der Waals surface area contributed by atoms with Crippen molar-refractivity contribution in [3.05, 3.63) is 53.7 Å². The first kappa shape index (κ1) is 26.4. The first-order valence-electron chi connectivity index (χ1n) is 11.0. The number of hydrazine groups is 1. The number of halogens is 1. The number of hydrogen-bond acceptors (Lipinski definition) is 5. The summed E-state index contributed by atoms with van der Waals surface area (Å²) >= 11 is 0. The second-order valence-electron chi connectivity index (χ2n) is 7.66. The first-order chi connectivity index (χ1) is 15.9. The molecule has 0 bridgehead atoms. The number of nitrogens with two attached hydrogens (primary N) is 3. The molecule has 8 nitrogen and oxygen atoms in total. The smallest absolute Gasteiger partial charge is 0.179 e. The van der Waals surface area contributed by atoms with Gasteiger partial charge in [0.15, 0.2) is 11.2 Å². The maximum Gasteiger partial charge on any atom is 0.179 e. The van der Waals surface area contributed by atoms with Gasteiger partial charge in [-0.1, -0.05) is 66.3 Å². The number of hydrogen-bond donors (Lipinski definition) is 4. The van der Waals surface area contributed by atoms with Gasteiger partial charge in [-0.2, -0.15) is 5.10 Å². The highest BCUT2D eigenvalue weighted by molar-refractivity contribution is 7.20. The van der Waals surface area contributed by atoms with Crippen molar-refractivity contribution in [2.45, 2.75) is 51.4 Å². The zero-order chi connectivity index (χ0) is 24.3. The Labute approximate surface area is 197 Å². The second kappa shape index (κ2) is 13.0. The van der Waals surface area contributed by atoms with Crippen LogP contribution >= 0.6 is 9.24 Å². The molecule has 1 aromatic heterocycles. The molecule has 0 amide bonds. The van der Waals surface area contributed by atoms with E-state index in [9.17, 15) is 4.39 Å².